The van der Waals surface area contributed by atoms with Crippen molar-refractivity contribution >= 4 is 38.7 Å². The zero-order valence-corrected chi connectivity index (χ0v) is 14.0. The Bertz CT molecular complexity index is 746. The van der Waals surface area contributed by atoms with E-state index in [9.17, 15) is 0 Å². The molecular formula is C16H16BrN3S. The zero-order valence-electron chi connectivity index (χ0n) is 11.6. The highest BCUT2D eigenvalue weighted by atomic mass is 79.9. The van der Waals surface area contributed by atoms with E-state index in [1.807, 2.05) is 6.07 Å². The molecule has 1 fully saturated rings. The molecule has 0 spiro atoms. The number of anilines is 1. The molecule has 3 aromatic heterocycles. The van der Waals surface area contributed by atoms with Gasteiger partial charge in [-0.3, -0.25) is 0 Å². The van der Waals surface area contributed by atoms with Gasteiger partial charge in [0.15, 0.2) is 5.82 Å². The second-order valence-electron chi connectivity index (χ2n) is 5.44. The molecule has 21 heavy (non-hydrogen) atoms. The van der Waals surface area contributed by atoms with Crippen LogP contribution in [0.25, 0.3) is 5.65 Å². The van der Waals surface area contributed by atoms with Crippen LogP contribution >= 0.6 is 27.3 Å². The van der Waals surface area contributed by atoms with Crippen LogP contribution < -0.4 is 4.90 Å². The smallest absolute Gasteiger partial charge is 0.152 e. The normalized spacial score (nSPS) is 14.7. The summed E-state index contributed by atoms with van der Waals surface area (Å²) in [5.74, 6) is 1.13. The number of fused-ring (bicyclic) bond motifs is 1. The summed E-state index contributed by atoms with van der Waals surface area (Å²) < 4.78 is 2.19. The van der Waals surface area contributed by atoms with Crippen LogP contribution in [0.4, 0.5) is 5.82 Å². The van der Waals surface area contributed by atoms with Crippen molar-refractivity contribution in [3.8, 4) is 0 Å². The SMILES string of the molecule is BrCc1c(N(Cc2ccsc2)C2CC2)nc2ccccn12. The number of hydrogen-bond acceptors (Lipinski definition) is 3. The monoisotopic (exact) mass is 361 g/mol. The molecule has 0 amide bonds. The van der Waals surface area contributed by atoms with Crippen molar-refractivity contribution in [1.29, 1.82) is 0 Å². The third-order valence-corrected chi connectivity index (χ3v) is 5.19. The largest absolute Gasteiger partial charge is 0.348 e. The maximum Gasteiger partial charge on any atom is 0.152 e. The molecule has 0 aliphatic heterocycles. The molecule has 108 valence electrons. The molecule has 1 saturated carbocycles. The lowest BCUT2D eigenvalue weighted by atomic mass is 10.3. The quantitative estimate of drug-likeness (QED) is 0.625. The number of halogens is 1. The zero-order chi connectivity index (χ0) is 14.2. The second-order valence-corrected chi connectivity index (χ2v) is 6.78. The highest BCUT2D eigenvalue weighted by Crippen LogP contribution is 2.35. The van der Waals surface area contributed by atoms with E-state index in [0.29, 0.717) is 6.04 Å². The Balaban J connectivity index is 1.78. The predicted molar refractivity (Wildman–Crippen MR) is 91.3 cm³/mol. The van der Waals surface area contributed by atoms with Gasteiger partial charge in [-0.15, -0.1) is 0 Å². The number of pyridine rings is 1. The summed E-state index contributed by atoms with van der Waals surface area (Å²) in [5, 5.41) is 5.20. The summed E-state index contributed by atoms with van der Waals surface area (Å²) >= 11 is 5.40. The first-order chi connectivity index (χ1) is 10.4. The van der Waals surface area contributed by atoms with Gasteiger partial charge in [-0.05, 0) is 47.4 Å². The summed E-state index contributed by atoms with van der Waals surface area (Å²) in [5.41, 5.74) is 3.65. The maximum atomic E-state index is 4.89. The Kier molecular flexibility index (Phi) is 3.47. The Labute approximate surface area is 136 Å². The number of imidazole rings is 1. The van der Waals surface area contributed by atoms with Gasteiger partial charge in [-0.2, -0.15) is 11.3 Å². The predicted octanol–water partition coefficient (Wildman–Crippen LogP) is 4.46. The average molecular weight is 362 g/mol. The topological polar surface area (TPSA) is 20.5 Å². The molecule has 3 nitrogen and oxygen atoms in total. The fourth-order valence-corrected chi connectivity index (χ4v) is 3.91. The molecule has 0 N–H and O–H groups in total. The van der Waals surface area contributed by atoms with Crippen LogP contribution in [0.1, 0.15) is 24.1 Å². The van der Waals surface area contributed by atoms with Crippen molar-refractivity contribution < 1.29 is 0 Å². The summed E-state index contributed by atoms with van der Waals surface area (Å²) in [4.78, 5) is 7.37. The molecule has 1 aliphatic carbocycles. The van der Waals surface area contributed by atoms with Crippen molar-refractivity contribution in [2.45, 2.75) is 30.8 Å². The molecule has 1 aliphatic rings. The molecule has 0 atom stereocenters. The number of aromatic nitrogens is 2. The number of rotatable bonds is 5. The highest BCUT2D eigenvalue weighted by molar-refractivity contribution is 9.08. The Hall–Kier alpha value is -1.33. The number of alkyl halides is 1. The van der Waals surface area contributed by atoms with Crippen LogP contribution in [0.2, 0.25) is 0 Å². The van der Waals surface area contributed by atoms with Gasteiger partial charge in [0, 0.05) is 24.1 Å². The van der Waals surface area contributed by atoms with Gasteiger partial charge in [-0.1, -0.05) is 22.0 Å². The van der Waals surface area contributed by atoms with E-state index in [1.165, 1.54) is 24.1 Å². The van der Waals surface area contributed by atoms with Gasteiger partial charge < -0.3 is 9.30 Å². The lowest BCUT2D eigenvalue weighted by Crippen LogP contribution is -2.26. The molecule has 0 saturated heterocycles. The van der Waals surface area contributed by atoms with Gasteiger partial charge in [0.1, 0.15) is 5.65 Å². The van der Waals surface area contributed by atoms with Gasteiger partial charge in [0.2, 0.25) is 0 Å². The fraction of sp³-hybridized carbons (Fsp3) is 0.312. The van der Waals surface area contributed by atoms with Crippen LogP contribution in [0.5, 0.6) is 0 Å². The van der Waals surface area contributed by atoms with Crippen LogP contribution in [0.3, 0.4) is 0 Å². The van der Waals surface area contributed by atoms with Crippen molar-refractivity contribution in [2.24, 2.45) is 0 Å². The summed E-state index contributed by atoms with van der Waals surface area (Å²) in [6.45, 7) is 0.956. The summed E-state index contributed by atoms with van der Waals surface area (Å²) in [6, 6.07) is 9.04. The molecule has 0 aromatic carbocycles. The molecule has 0 unspecified atom stereocenters. The minimum Gasteiger partial charge on any atom is -0.348 e. The second kappa shape index (κ2) is 5.46. The first-order valence-electron chi connectivity index (χ1n) is 7.16. The molecule has 4 rings (SSSR count). The highest BCUT2D eigenvalue weighted by Gasteiger charge is 2.32. The molecule has 3 aromatic rings. The maximum absolute atomic E-state index is 4.89. The molecule has 0 bridgehead atoms. The van der Waals surface area contributed by atoms with Gasteiger partial charge in [0.05, 0.1) is 5.69 Å². The Morgan fingerprint density at radius 1 is 1.33 bits per heavy atom. The van der Waals surface area contributed by atoms with Crippen LogP contribution in [-0.2, 0) is 11.9 Å². The first kappa shape index (κ1) is 13.3. The van der Waals surface area contributed by atoms with Crippen LogP contribution in [0, 0.1) is 0 Å². The van der Waals surface area contributed by atoms with Gasteiger partial charge >= 0.3 is 0 Å². The van der Waals surface area contributed by atoms with E-state index >= 15 is 0 Å². The summed E-state index contributed by atoms with van der Waals surface area (Å²) in [7, 11) is 0. The van der Waals surface area contributed by atoms with E-state index in [4.69, 9.17) is 4.98 Å². The molecule has 5 heteroatoms. The molecular weight excluding hydrogens is 346 g/mol. The number of nitrogens with zero attached hydrogens (tertiary/aromatic N) is 3. The van der Waals surface area contributed by atoms with E-state index in [1.54, 1.807) is 11.3 Å². The number of hydrogen-bond donors (Lipinski definition) is 0. The van der Waals surface area contributed by atoms with Crippen molar-refractivity contribution in [2.75, 3.05) is 4.90 Å². The minimum atomic E-state index is 0.646. The molecule has 3 heterocycles. The summed E-state index contributed by atoms with van der Waals surface area (Å²) in [6.07, 6.45) is 4.65. The van der Waals surface area contributed by atoms with Crippen LogP contribution in [-0.4, -0.2) is 15.4 Å². The van der Waals surface area contributed by atoms with Crippen molar-refractivity contribution in [1.82, 2.24) is 9.38 Å². The Morgan fingerprint density at radius 2 is 2.24 bits per heavy atom. The first-order valence-corrected chi connectivity index (χ1v) is 9.23. The fourth-order valence-electron chi connectivity index (χ4n) is 2.73. The van der Waals surface area contributed by atoms with Gasteiger partial charge in [-0.25, -0.2) is 4.98 Å². The average Bonchev–Trinajstić information content (AvgIpc) is 3.10. The lowest BCUT2D eigenvalue weighted by molar-refractivity contribution is 0.779. The number of thiophene rings is 1. The minimum absolute atomic E-state index is 0.646. The Morgan fingerprint density at radius 3 is 2.95 bits per heavy atom. The third-order valence-electron chi connectivity index (χ3n) is 3.93. The van der Waals surface area contributed by atoms with E-state index in [0.717, 1.165) is 23.3 Å². The van der Waals surface area contributed by atoms with Gasteiger partial charge in [0.25, 0.3) is 0 Å². The van der Waals surface area contributed by atoms with E-state index in [2.05, 4.69) is 60.4 Å². The standard InChI is InChI=1S/C16H16BrN3S/c17-9-14-16(18-15-3-1-2-7-19(14)15)20(13-4-5-13)10-12-6-8-21-11-12/h1-3,6-8,11,13H,4-5,9-10H2. The van der Waals surface area contributed by atoms with Crippen molar-refractivity contribution in [3.05, 3.63) is 52.5 Å². The van der Waals surface area contributed by atoms with E-state index < -0.39 is 0 Å². The lowest BCUT2D eigenvalue weighted by Gasteiger charge is -2.23. The third kappa shape index (κ3) is 2.49. The van der Waals surface area contributed by atoms with Crippen molar-refractivity contribution in [3.63, 3.8) is 0 Å². The van der Waals surface area contributed by atoms with Crippen LogP contribution in [0.15, 0.2) is 41.2 Å². The van der Waals surface area contributed by atoms with E-state index in [-0.39, 0.29) is 0 Å². The molecule has 0 radical (unpaired) electrons.